The minimum Gasteiger partial charge on any atom is -0.465 e. The maximum absolute atomic E-state index is 13.6. The molecule has 2 aliphatic heterocycles. The molecule has 2 fully saturated rings. The van der Waals surface area contributed by atoms with Crippen molar-refractivity contribution in [3.63, 3.8) is 0 Å². The zero-order chi connectivity index (χ0) is 36.2. The van der Waals surface area contributed by atoms with E-state index >= 15 is 0 Å². The van der Waals surface area contributed by atoms with Gasteiger partial charge in [0.05, 0.1) is 43.0 Å². The number of benzene rings is 3. The fourth-order valence-corrected chi connectivity index (χ4v) is 6.25. The van der Waals surface area contributed by atoms with Crippen molar-refractivity contribution in [2.45, 2.75) is 51.1 Å². The molecule has 5 aromatic rings. The highest BCUT2D eigenvalue weighted by Gasteiger charge is 2.51. The monoisotopic (exact) mass is 713 g/mol. The summed E-state index contributed by atoms with van der Waals surface area (Å²) >= 11 is 0. The molecule has 0 saturated carbocycles. The van der Waals surface area contributed by atoms with E-state index in [1.54, 1.807) is 22.8 Å². The maximum Gasteiger partial charge on any atom is 0.511 e. The number of aromatic nitrogens is 6. The van der Waals surface area contributed by atoms with Crippen LogP contribution < -0.4 is 10.1 Å². The highest BCUT2D eigenvalue weighted by molar-refractivity contribution is 6.02. The van der Waals surface area contributed by atoms with Crippen LogP contribution in [0.5, 0.6) is 6.01 Å². The van der Waals surface area contributed by atoms with Crippen molar-refractivity contribution in [2.24, 2.45) is 0 Å². The molecule has 1 unspecified atom stereocenters. The van der Waals surface area contributed by atoms with Crippen LogP contribution in [0.2, 0.25) is 0 Å². The number of H-pyrrole nitrogens is 1. The molecule has 0 spiro atoms. The topological polar surface area (TPSA) is 200 Å². The Morgan fingerprint density at radius 3 is 2.37 bits per heavy atom. The fourth-order valence-electron chi connectivity index (χ4n) is 6.25. The molecule has 7 rings (SSSR count). The molecule has 2 aliphatic rings. The number of esters is 1. The van der Waals surface area contributed by atoms with Crippen LogP contribution in [0.4, 0.5) is 9.59 Å². The van der Waals surface area contributed by atoms with Crippen LogP contribution in [-0.4, -0.2) is 106 Å². The van der Waals surface area contributed by atoms with Gasteiger partial charge in [-0.15, -0.1) is 10.2 Å². The normalized spacial score (nSPS) is 19.8. The summed E-state index contributed by atoms with van der Waals surface area (Å²) < 4.78 is 40.5. The lowest BCUT2D eigenvalue weighted by atomic mass is 9.98. The Kier molecular flexibility index (Phi) is 9.94. The zero-order valence-corrected chi connectivity index (χ0v) is 28.4. The van der Waals surface area contributed by atoms with Gasteiger partial charge in [0.1, 0.15) is 12.2 Å². The Labute approximate surface area is 296 Å². The first-order valence-electron chi connectivity index (χ1n) is 16.6. The third-order valence-electron chi connectivity index (χ3n) is 8.55. The standard InChI is InChI=1S/C35H35N7O10/c1-4-46-33-37-25-11-7-10-24(32(43)49-19(2)50-35(45)52-27-18-48-29-26(17-47-30(27)29)51-34(44)36-3)28(25)42(33)16-20-12-14-21(15-13-20)22-8-5-6-9-23(22)31-38-40-41-39-31/h5-15,19,26-27,29-30H,4,16-18H2,1-3H3,(H,36,44)(H,38,39,40,41)/t19?,26-,27-,29+,30+/m1/s1. The average Bonchev–Trinajstić information content (AvgIpc) is 3.96. The van der Waals surface area contributed by atoms with Gasteiger partial charge in [0.2, 0.25) is 12.1 Å². The Hall–Kier alpha value is -6.07. The SMILES string of the molecule is CCOc1nc2cccc(C(=O)OC(C)OC(=O)O[C@@H]3CO[C@@H]4[C@H]3OC[C@H]4OC(=O)NC)c2n1Cc1ccc(-c2ccccc2-c2nn[nH]n2)cc1. The number of hydrogen-bond donors (Lipinski definition) is 2. The highest BCUT2D eigenvalue weighted by atomic mass is 16.8. The first-order valence-corrected chi connectivity index (χ1v) is 16.6. The smallest absolute Gasteiger partial charge is 0.465 e. The van der Waals surface area contributed by atoms with Gasteiger partial charge in [0.25, 0.3) is 6.01 Å². The van der Waals surface area contributed by atoms with Crippen LogP contribution in [0.25, 0.3) is 33.5 Å². The summed E-state index contributed by atoms with van der Waals surface area (Å²) in [6, 6.07) is 21.1. The van der Waals surface area contributed by atoms with Gasteiger partial charge < -0.3 is 38.5 Å². The first-order chi connectivity index (χ1) is 25.3. The molecule has 2 aromatic heterocycles. The number of ether oxygens (including phenoxy) is 7. The Bertz CT molecular complexity index is 2050. The predicted octanol–water partition coefficient (Wildman–Crippen LogP) is 3.88. The average molecular weight is 714 g/mol. The van der Waals surface area contributed by atoms with Gasteiger partial charge in [-0.25, -0.2) is 14.4 Å². The largest absolute Gasteiger partial charge is 0.511 e. The number of amides is 1. The van der Waals surface area contributed by atoms with Crippen LogP contribution in [0.15, 0.2) is 66.7 Å². The van der Waals surface area contributed by atoms with Gasteiger partial charge >= 0.3 is 18.2 Å². The molecule has 17 heteroatoms. The highest BCUT2D eigenvalue weighted by Crippen LogP contribution is 2.33. The first kappa shape index (κ1) is 34.4. The number of imidazole rings is 1. The van der Waals surface area contributed by atoms with Crippen LogP contribution in [-0.2, 0) is 35.0 Å². The molecule has 3 aromatic carbocycles. The van der Waals surface area contributed by atoms with Crippen molar-refractivity contribution in [1.29, 1.82) is 0 Å². The number of tetrazole rings is 1. The molecule has 0 bridgehead atoms. The summed E-state index contributed by atoms with van der Waals surface area (Å²) in [5.41, 5.74) is 4.85. The molecule has 1 amide bonds. The summed E-state index contributed by atoms with van der Waals surface area (Å²) in [6.07, 6.45) is -5.74. The summed E-state index contributed by atoms with van der Waals surface area (Å²) in [5, 5.41) is 16.8. The molecular weight excluding hydrogens is 678 g/mol. The van der Waals surface area contributed by atoms with Gasteiger partial charge in [-0.2, -0.15) is 10.2 Å². The summed E-state index contributed by atoms with van der Waals surface area (Å²) in [5.74, 6) is -0.257. The number of para-hydroxylation sites is 1. The third kappa shape index (κ3) is 7.08. The van der Waals surface area contributed by atoms with E-state index in [4.69, 9.17) is 33.2 Å². The lowest BCUT2D eigenvalue weighted by molar-refractivity contribution is -0.0987. The Morgan fingerprint density at radius 1 is 0.942 bits per heavy atom. The number of carbonyl (C=O) groups excluding carboxylic acids is 3. The minimum absolute atomic E-state index is 0.0106. The van der Waals surface area contributed by atoms with Gasteiger partial charge in [-0.05, 0) is 41.0 Å². The van der Waals surface area contributed by atoms with E-state index in [1.807, 2.05) is 55.5 Å². The van der Waals surface area contributed by atoms with Crippen LogP contribution in [0.1, 0.15) is 29.8 Å². The van der Waals surface area contributed by atoms with Crippen molar-refractivity contribution in [3.8, 4) is 28.5 Å². The number of hydrogen-bond acceptors (Lipinski definition) is 14. The zero-order valence-electron chi connectivity index (χ0n) is 28.4. The fraction of sp³-hybridized carbons (Fsp3) is 0.343. The summed E-state index contributed by atoms with van der Waals surface area (Å²) in [4.78, 5) is 42.5. The van der Waals surface area contributed by atoms with E-state index in [9.17, 15) is 14.4 Å². The summed E-state index contributed by atoms with van der Waals surface area (Å²) in [6.45, 7) is 4.01. The van der Waals surface area contributed by atoms with Crippen molar-refractivity contribution < 1.29 is 47.5 Å². The van der Waals surface area contributed by atoms with Crippen molar-refractivity contribution in [1.82, 2.24) is 35.5 Å². The quantitative estimate of drug-likeness (QED) is 0.113. The molecule has 270 valence electrons. The number of aromatic amines is 1. The van der Waals surface area contributed by atoms with Crippen molar-refractivity contribution in [3.05, 3.63) is 77.9 Å². The Balaban J connectivity index is 1.04. The maximum atomic E-state index is 13.6. The Morgan fingerprint density at radius 2 is 1.67 bits per heavy atom. The number of nitrogens with one attached hydrogen (secondary N) is 2. The van der Waals surface area contributed by atoms with Gasteiger partial charge in [-0.1, -0.05) is 54.6 Å². The lowest BCUT2D eigenvalue weighted by Gasteiger charge is -2.19. The minimum atomic E-state index is -1.31. The molecular formula is C35H35N7O10. The van der Waals surface area contributed by atoms with E-state index in [-0.39, 0.29) is 18.8 Å². The molecule has 2 N–H and O–H groups in total. The van der Waals surface area contributed by atoms with E-state index in [1.165, 1.54) is 14.0 Å². The van der Waals surface area contributed by atoms with E-state index in [2.05, 4.69) is 30.9 Å². The molecule has 0 aliphatic carbocycles. The number of carbonyl (C=O) groups is 3. The summed E-state index contributed by atoms with van der Waals surface area (Å²) in [7, 11) is 1.44. The van der Waals surface area contributed by atoms with E-state index in [0.717, 1.165) is 22.3 Å². The second kappa shape index (κ2) is 15.0. The molecule has 4 heterocycles. The second-order valence-electron chi connectivity index (χ2n) is 11.9. The van der Waals surface area contributed by atoms with Gasteiger partial charge in [0.15, 0.2) is 12.2 Å². The van der Waals surface area contributed by atoms with Crippen LogP contribution in [0, 0.1) is 0 Å². The number of alkyl carbamates (subject to hydrolysis) is 1. The molecule has 5 atom stereocenters. The van der Waals surface area contributed by atoms with Crippen LogP contribution in [0.3, 0.4) is 0 Å². The van der Waals surface area contributed by atoms with Crippen molar-refractivity contribution >= 4 is 29.3 Å². The number of fused-ring (bicyclic) bond motifs is 2. The van der Waals surface area contributed by atoms with Gasteiger partial charge in [0, 0.05) is 19.5 Å². The van der Waals surface area contributed by atoms with E-state index < -0.39 is 48.9 Å². The van der Waals surface area contributed by atoms with E-state index in [0.29, 0.717) is 36.0 Å². The molecule has 17 nitrogen and oxygen atoms in total. The molecule has 0 radical (unpaired) electrons. The van der Waals surface area contributed by atoms with Gasteiger partial charge in [-0.3, -0.25) is 4.57 Å². The molecule has 2 saturated heterocycles. The molecule has 52 heavy (non-hydrogen) atoms. The number of rotatable bonds is 11. The third-order valence-corrected chi connectivity index (χ3v) is 8.55. The second-order valence-corrected chi connectivity index (χ2v) is 11.9. The predicted molar refractivity (Wildman–Crippen MR) is 180 cm³/mol. The lowest BCUT2D eigenvalue weighted by Crippen LogP contribution is -2.37. The number of nitrogens with zero attached hydrogens (tertiary/aromatic N) is 5. The van der Waals surface area contributed by atoms with Crippen molar-refractivity contribution in [2.75, 3.05) is 26.9 Å². The van der Waals surface area contributed by atoms with Crippen LogP contribution >= 0.6 is 0 Å².